The van der Waals surface area contributed by atoms with Gasteiger partial charge in [0, 0.05) is 23.5 Å². The van der Waals surface area contributed by atoms with Crippen LogP contribution in [0.1, 0.15) is 71.8 Å². The summed E-state index contributed by atoms with van der Waals surface area (Å²) in [4.78, 5) is 33.0. The van der Waals surface area contributed by atoms with Gasteiger partial charge in [-0.2, -0.15) is 0 Å². The van der Waals surface area contributed by atoms with E-state index in [4.69, 9.17) is 9.72 Å². The molecule has 33 heavy (non-hydrogen) atoms. The number of carbonyl (C=O) groups is 2. The first-order valence-electron chi connectivity index (χ1n) is 11.9. The Morgan fingerprint density at radius 1 is 1.30 bits per heavy atom. The maximum absolute atomic E-state index is 13.6. The number of benzene rings is 1. The lowest BCUT2D eigenvalue weighted by Crippen LogP contribution is -2.51. The molecule has 2 N–H and O–H groups in total. The van der Waals surface area contributed by atoms with Crippen LogP contribution in [-0.4, -0.2) is 46.1 Å². The van der Waals surface area contributed by atoms with Crippen LogP contribution in [0.3, 0.4) is 0 Å². The van der Waals surface area contributed by atoms with Crippen molar-refractivity contribution >= 4 is 22.8 Å². The third-order valence-corrected chi connectivity index (χ3v) is 8.48. The van der Waals surface area contributed by atoms with E-state index in [1.807, 2.05) is 11.9 Å². The SMILES string of the molecule is CC[C@@]1(O)C(=O)OCC2=C1CC1c3nc4cc(C)c(C)c5c4c(c3CN1C2=O)[C@@H](NC)CC5. The minimum absolute atomic E-state index is 0.0706. The van der Waals surface area contributed by atoms with Crippen molar-refractivity contribution in [3.05, 3.63) is 50.7 Å². The zero-order chi connectivity index (χ0) is 23.2. The Bertz CT molecular complexity index is 1300. The molecule has 0 bridgehead atoms. The summed E-state index contributed by atoms with van der Waals surface area (Å²) in [6.45, 7) is 6.49. The predicted octanol–water partition coefficient (Wildman–Crippen LogP) is 2.84. The van der Waals surface area contributed by atoms with Crippen molar-refractivity contribution < 1.29 is 19.4 Å². The molecule has 3 aliphatic heterocycles. The van der Waals surface area contributed by atoms with Crippen LogP contribution in [0.4, 0.5) is 0 Å². The van der Waals surface area contributed by atoms with Gasteiger partial charge in [0.1, 0.15) is 6.61 Å². The predicted molar refractivity (Wildman–Crippen MR) is 122 cm³/mol. The maximum Gasteiger partial charge on any atom is 0.342 e. The highest BCUT2D eigenvalue weighted by Gasteiger charge is 2.53. The van der Waals surface area contributed by atoms with Gasteiger partial charge in [0.15, 0.2) is 5.60 Å². The van der Waals surface area contributed by atoms with Crippen LogP contribution in [0.2, 0.25) is 0 Å². The Kier molecular flexibility index (Phi) is 4.33. The van der Waals surface area contributed by atoms with Crippen molar-refractivity contribution in [3.8, 4) is 0 Å². The largest absolute Gasteiger partial charge is 0.458 e. The molecule has 3 atom stereocenters. The van der Waals surface area contributed by atoms with E-state index in [2.05, 4.69) is 25.2 Å². The molecule has 1 unspecified atom stereocenters. The smallest absolute Gasteiger partial charge is 0.342 e. The van der Waals surface area contributed by atoms with Crippen LogP contribution in [0.25, 0.3) is 10.9 Å². The molecule has 0 saturated heterocycles. The number of hydrogen-bond donors (Lipinski definition) is 2. The van der Waals surface area contributed by atoms with Gasteiger partial charge in [0.2, 0.25) is 0 Å². The number of aromatic nitrogens is 1. The zero-order valence-electron chi connectivity index (χ0n) is 19.5. The Balaban J connectivity index is 1.58. The normalized spacial score (nSPS) is 28.1. The fourth-order valence-electron chi connectivity index (χ4n) is 6.47. The standard InChI is InChI=1S/C26H29N3O4/c1-5-26(32)17-9-20-23-15(10-29(20)24(30)16(17)11-33-25(26)31)22-18(27-4)7-6-14-13(3)12(2)8-19(28-23)21(14)22/h8,18,20,27,32H,5-7,9-11H2,1-4H3/t18-,20?,26-/m0/s1. The van der Waals surface area contributed by atoms with E-state index < -0.39 is 11.6 Å². The first-order valence-corrected chi connectivity index (χ1v) is 11.9. The lowest BCUT2D eigenvalue weighted by Gasteiger charge is -2.41. The average Bonchev–Trinajstić information content (AvgIpc) is 3.18. The third-order valence-electron chi connectivity index (χ3n) is 8.48. The average molecular weight is 448 g/mol. The minimum atomic E-state index is -1.74. The highest BCUT2D eigenvalue weighted by molar-refractivity contribution is 6.01. The van der Waals surface area contributed by atoms with Crippen molar-refractivity contribution in [3.63, 3.8) is 0 Å². The molecular weight excluding hydrogens is 418 g/mol. The molecule has 1 aromatic heterocycles. The molecule has 0 radical (unpaired) electrons. The molecule has 1 amide bonds. The highest BCUT2D eigenvalue weighted by atomic mass is 16.6. The fraction of sp³-hybridized carbons (Fsp3) is 0.500. The van der Waals surface area contributed by atoms with E-state index in [0.29, 0.717) is 24.1 Å². The number of amides is 1. The van der Waals surface area contributed by atoms with E-state index in [9.17, 15) is 14.7 Å². The van der Waals surface area contributed by atoms with Gasteiger partial charge in [0.05, 0.1) is 22.8 Å². The molecule has 0 saturated carbocycles. The second-order valence-electron chi connectivity index (χ2n) is 9.86. The third kappa shape index (κ3) is 2.55. The van der Waals surface area contributed by atoms with E-state index in [1.165, 1.54) is 27.6 Å². The van der Waals surface area contributed by atoms with Crippen molar-refractivity contribution in [1.82, 2.24) is 15.2 Å². The monoisotopic (exact) mass is 447 g/mol. The first kappa shape index (κ1) is 20.8. The maximum atomic E-state index is 13.6. The number of rotatable bonds is 2. The number of fused-ring (bicyclic) bond motifs is 4. The van der Waals surface area contributed by atoms with Crippen molar-refractivity contribution in [2.45, 2.75) is 70.7 Å². The summed E-state index contributed by atoms with van der Waals surface area (Å²) in [5.41, 5.74) is 7.40. The summed E-state index contributed by atoms with van der Waals surface area (Å²) in [5.74, 6) is -0.810. The van der Waals surface area contributed by atoms with Gasteiger partial charge in [-0.3, -0.25) is 9.78 Å². The van der Waals surface area contributed by atoms with Crippen LogP contribution in [0, 0.1) is 13.8 Å². The molecule has 7 nitrogen and oxygen atoms in total. The number of esters is 1. The quantitative estimate of drug-likeness (QED) is 0.688. The molecule has 172 valence electrons. The summed E-state index contributed by atoms with van der Waals surface area (Å²) in [5, 5.41) is 15.9. The van der Waals surface area contributed by atoms with Crippen LogP contribution in [0.5, 0.6) is 0 Å². The van der Waals surface area contributed by atoms with Crippen LogP contribution >= 0.6 is 0 Å². The number of hydrogen-bond acceptors (Lipinski definition) is 6. The number of cyclic esters (lactones) is 1. The number of nitrogens with one attached hydrogen (secondary N) is 1. The number of aryl methyl sites for hydroxylation is 2. The van der Waals surface area contributed by atoms with Crippen LogP contribution < -0.4 is 5.32 Å². The number of ether oxygens (including phenoxy) is 1. The van der Waals surface area contributed by atoms with E-state index in [-0.39, 0.29) is 31.0 Å². The lowest BCUT2D eigenvalue weighted by atomic mass is 9.78. The van der Waals surface area contributed by atoms with Gasteiger partial charge in [-0.15, -0.1) is 0 Å². The van der Waals surface area contributed by atoms with Crippen molar-refractivity contribution in [1.29, 1.82) is 0 Å². The molecule has 6 rings (SSSR count). The highest BCUT2D eigenvalue weighted by Crippen LogP contribution is 2.50. The van der Waals surface area contributed by atoms with Crippen LogP contribution in [0.15, 0.2) is 17.2 Å². The molecule has 2 aromatic rings. The Morgan fingerprint density at radius 3 is 2.82 bits per heavy atom. The van der Waals surface area contributed by atoms with E-state index in [1.54, 1.807) is 6.92 Å². The van der Waals surface area contributed by atoms with Gasteiger partial charge >= 0.3 is 5.97 Å². The molecule has 0 fully saturated rings. The topological polar surface area (TPSA) is 91.8 Å². The van der Waals surface area contributed by atoms with Gasteiger partial charge in [0.25, 0.3) is 5.91 Å². The molecule has 1 aromatic carbocycles. The Hall–Kier alpha value is -2.77. The lowest BCUT2D eigenvalue weighted by molar-refractivity contribution is -0.165. The second kappa shape index (κ2) is 6.87. The van der Waals surface area contributed by atoms with Gasteiger partial charge < -0.3 is 20.1 Å². The van der Waals surface area contributed by atoms with Crippen LogP contribution in [-0.2, 0) is 27.3 Å². The second-order valence-corrected chi connectivity index (χ2v) is 9.86. The Labute approximate surface area is 192 Å². The summed E-state index contributed by atoms with van der Waals surface area (Å²) in [6, 6.07) is 2.09. The summed E-state index contributed by atoms with van der Waals surface area (Å²) in [6.07, 6.45) is 2.60. The molecule has 4 aliphatic rings. The first-order chi connectivity index (χ1) is 15.8. The number of nitrogens with zero attached hydrogens (tertiary/aromatic N) is 2. The van der Waals surface area contributed by atoms with Crippen molar-refractivity contribution in [2.24, 2.45) is 0 Å². The molecule has 0 spiro atoms. The van der Waals surface area contributed by atoms with Gasteiger partial charge in [-0.1, -0.05) is 6.92 Å². The van der Waals surface area contributed by atoms with E-state index in [0.717, 1.165) is 29.6 Å². The summed E-state index contributed by atoms with van der Waals surface area (Å²) in [7, 11) is 1.99. The van der Waals surface area contributed by atoms with E-state index >= 15 is 0 Å². The number of pyridine rings is 1. The summed E-state index contributed by atoms with van der Waals surface area (Å²) >= 11 is 0. The minimum Gasteiger partial charge on any atom is -0.458 e. The fourth-order valence-corrected chi connectivity index (χ4v) is 6.47. The van der Waals surface area contributed by atoms with Gasteiger partial charge in [-0.25, -0.2) is 4.79 Å². The number of carbonyl (C=O) groups excluding carboxylic acids is 2. The Morgan fingerprint density at radius 2 is 2.09 bits per heavy atom. The molecule has 4 heterocycles. The molecule has 7 heteroatoms. The van der Waals surface area contributed by atoms with Crippen molar-refractivity contribution in [2.75, 3.05) is 13.7 Å². The summed E-state index contributed by atoms with van der Waals surface area (Å²) < 4.78 is 5.22. The molecular formula is C26H29N3O4. The van der Waals surface area contributed by atoms with Gasteiger partial charge in [-0.05, 0) is 80.5 Å². The number of aliphatic hydroxyl groups is 1. The zero-order valence-corrected chi connectivity index (χ0v) is 19.5. The molecule has 1 aliphatic carbocycles.